The van der Waals surface area contributed by atoms with Crippen LogP contribution in [-0.4, -0.2) is 9.55 Å². The molecule has 3 heteroatoms. The molecule has 0 radical (unpaired) electrons. The predicted octanol–water partition coefficient (Wildman–Crippen LogP) is 4.76. The van der Waals surface area contributed by atoms with E-state index >= 15 is 0 Å². The minimum atomic E-state index is 0.0433. The molecular weight excluding hydrogens is 258 g/mol. The largest absolute Gasteiger partial charge is 0.327 e. The third-order valence-electron chi connectivity index (χ3n) is 4.14. The summed E-state index contributed by atoms with van der Waals surface area (Å²) >= 11 is 0. The number of aromatic nitrogens is 2. The van der Waals surface area contributed by atoms with Crippen molar-refractivity contribution in [3.8, 4) is 0 Å². The second-order valence-corrected chi connectivity index (χ2v) is 6.27. The van der Waals surface area contributed by atoms with E-state index in [1.165, 1.54) is 23.9 Å². The van der Waals surface area contributed by atoms with E-state index in [1.807, 2.05) is 0 Å². The van der Waals surface area contributed by atoms with Gasteiger partial charge in [0.25, 0.3) is 0 Å². The van der Waals surface area contributed by atoms with Crippen LogP contribution in [0.15, 0.2) is 18.2 Å². The molecule has 0 saturated carbocycles. The molecule has 1 heterocycles. The average molecular weight is 287 g/mol. The molecule has 0 amide bonds. The van der Waals surface area contributed by atoms with Gasteiger partial charge in [0.15, 0.2) is 0 Å². The zero-order valence-corrected chi connectivity index (χ0v) is 13.9. The first kappa shape index (κ1) is 16.0. The van der Waals surface area contributed by atoms with Crippen LogP contribution in [0.25, 0.3) is 11.0 Å². The molecular formula is C18H29N3. The van der Waals surface area contributed by atoms with Crippen molar-refractivity contribution in [1.82, 2.24) is 9.55 Å². The van der Waals surface area contributed by atoms with Crippen molar-refractivity contribution >= 4 is 11.0 Å². The lowest BCUT2D eigenvalue weighted by Crippen LogP contribution is -2.16. The van der Waals surface area contributed by atoms with Crippen molar-refractivity contribution in [1.29, 1.82) is 0 Å². The summed E-state index contributed by atoms with van der Waals surface area (Å²) in [5, 5.41) is 0. The monoisotopic (exact) mass is 287 g/mol. The Hall–Kier alpha value is -1.35. The SMILES string of the molecule is CCCCn1c(C(N)CCC)nc2cc(C(C)C)ccc21. The fourth-order valence-corrected chi connectivity index (χ4v) is 2.80. The number of unbranched alkanes of at least 4 members (excludes halogenated alkanes) is 1. The fourth-order valence-electron chi connectivity index (χ4n) is 2.80. The summed E-state index contributed by atoms with van der Waals surface area (Å²) in [6.45, 7) is 9.86. The highest BCUT2D eigenvalue weighted by atomic mass is 15.1. The zero-order valence-electron chi connectivity index (χ0n) is 13.9. The predicted molar refractivity (Wildman–Crippen MR) is 90.6 cm³/mol. The van der Waals surface area contributed by atoms with Crippen molar-refractivity contribution in [3.63, 3.8) is 0 Å². The van der Waals surface area contributed by atoms with Crippen molar-refractivity contribution in [2.45, 2.75) is 71.9 Å². The lowest BCUT2D eigenvalue weighted by atomic mass is 10.0. The van der Waals surface area contributed by atoms with Gasteiger partial charge in [-0.1, -0.05) is 46.6 Å². The molecule has 0 aliphatic heterocycles. The van der Waals surface area contributed by atoms with Crippen LogP contribution in [-0.2, 0) is 6.54 Å². The highest BCUT2D eigenvalue weighted by Gasteiger charge is 2.16. The normalized spacial score (nSPS) is 13.2. The molecule has 0 bridgehead atoms. The Bertz CT molecular complexity index is 583. The van der Waals surface area contributed by atoms with E-state index in [9.17, 15) is 0 Å². The van der Waals surface area contributed by atoms with Gasteiger partial charge in [0, 0.05) is 6.54 Å². The lowest BCUT2D eigenvalue weighted by molar-refractivity contribution is 0.541. The van der Waals surface area contributed by atoms with Gasteiger partial charge in [0.1, 0.15) is 5.82 Å². The highest BCUT2D eigenvalue weighted by molar-refractivity contribution is 5.77. The molecule has 2 aromatic rings. The zero-order chi connectivity index (χ0) is 15.4. The van der Waals surface area contributed by atoms with E-state index in [1.54, 1.807) is 0 Å². The summed E-state index contributed by atoms with van der Waals surface area (Å²) in [4.78, 5) is 4.87. The van der Waals surface area contributed by atoms with E-state index in [-0.39, 0.29) is 6.04 Å². The number of hydrogen-bond acceptors (Lipinski definition) is 2. The lowest BCUT2D eigenvalue weighted by Gasteiger charge is -2.14. The van der Waals surface area contributed by atoms with Crippen molar-refractivity contribution in [2.24, 2.45) is 5.73 Å². The van der Waals surface area contributed by atoms with Crippen LogP contribution < -0.4 is 5.73 Å². The van der Waals surface area contributed by atoms with Crippen molar-refractivity contribution < 1.29 is 0 Å². The van der Waals surface area contributed by atoms with E-state index < -0.39 is 0 Å². The Kier molecular flexibility index (Phi) is 5.40. The van der Waals surface area contributed by atoms with Crippen LogP contribution in [0.3, 0.4) is 0 Å². The molecule has 0 saturated heterocycles. The summed E-state index contributed by atoms with van der Waals surface area (Å²) in [5.41, 5.74) is 10.0. The number of aryl methyl sites for hydroxylation is 1. The van der Waals surface area contributed by atoms with E-state index in [0.717, 1.165) is 30.7 Å². The van der Waals surface area contributed by atoms with E-state index in [0.29, 0.717) is 5.92 Å². The summed E-state index contributed by atoms with van der Waals surface area (Å²) in [5.74, 6) is 1.59. The van der Waals surface area contributed by atoms with Crippen molar-refractivity contribution in [2.75, 3.05) is 0 Å². The summed E-state index contributed by atoms with van der Waals surface area (Å²) in [6.07, 6.45) is 4.44. The quantitative estimate of drug-likeness (QED) is 0.798. The first-order valence-electron chi connectivity index (χ1n) is 8.34. The van der Waals surface area contributed by atoms with Crippen LogP contribution in [0.1, 0.15) is 76.7 Å². The second-order valence-electron chi connectivity index (χ2n) is 6.27. The van der Waals surface area contributed by atoms with Crippen LogP contribution >= 0.6 is 0 Å². The van der Waals surface area contributed by atoms with Gasteiger partial charge in [-0.25, -0.2) is 4.98 Å². The molecule has 0 aliphatic rings. The van der Waals surface area contributed by atoms with Crippen LogP contribution in [0.5, 0.6) is 0 Å². The standard InChI is InChI=1S/C18H29N3/c1-5-7-11-21-17-10-9-14(13(3)4)12-16(17)20-18(21)15(19)8-6-2/h9-10,12-13,15H,5-8,11,19H2,1-4H3. The molecule has 21 heavy (non-hydrogen) atoms. The van der Waals surface area contributed by atoms with Crippen LogP contribution in [0, 0.1) is 0 Å². The van der Waals surface area contributed by atoms with Gasteiger partial charge < -0.3 is 10.3 Å². The number of rotatable bonds is 7. The third kappa shape index (κ3) is 3.46. The minimum Gasteiger partial charge on any atom is -0.327 e. The smallest absolute Gasteiger partial charge is 0.126 e. The molecule has 0 aliphatic carbocycles. The van der Waals surface area contributed by atoms with Gasteiger partial charge in [-0.3, -0.25) is 0 Å². The molecule has 1 atom stereocenters. The first-order valence-corrected chi connectivity index (χ1v) is 8.34. The Labute approximate surface area is 128 Å². The summed E-state index contributed by atoms with van der Waals surface area (Å²) in [6, 6.07) is 6.72. The number of fused-ring (bicyclic) bond motifs is 1. The maximum atomic E-state index is 6.36. The van der Waals surface area contributed by atoms with Crippen LogP contribution in [0.2, 0.25) is 0 Å². The fraction of sp³-hybridized carbons (Fsp3) is 0.611. The van der Waals surface area contributed by atoms with Gasteiger partial charge in [-0.2, -0.15) is 0 Å². The Morgan fingerprint density at radius 1 is 1.19 bits per heavy atom. The van der Waals surface area contributed by atoms with Crippen molar-refractivity contribution in [3.05, 3.63) is 29.6 Å². The van der Waals surface area contributed by atoms with Gasteiger partial charge in [-0.15, -0.1) is 0 Å². The second kappa shape index (κ2) is 7.08. The Balaban J connectivity index is 2.49. The molecule has 0 spiro atoms. The maximum Gasteiger partial charge on any atom is 0.126 e. The molecule has 0 fully saturated rings. The van der Waals surface area contributed by atoms with Crippen LogP contribution in [0.4, 0.5) is 0 Å². The molecule has 1 unspecified atom stereocenters. The van der Waals surface area contributed by atoms with E-state index in [2.05, 4.69) is 50.5 Å². The number of nitrogens with two attached hydrogens (primary N) is 1. The average Bonchev–Trinajstić information content (AvgIpc) is 2.83. The molecule has 116 valence electrons. The first-order chi connectivity index (χ1) is 10.1. The highest BCUT2D eigenvalue weighted by Crippen LogP contribution is 2.26. The summed E-state index contributed by atoms with van der Waals surface area (Å²) < 4.78 is 2.34. The van der Waals surface area contributed by atoms with Gasteiger partial charge in [0.2, 0.25) is 0 Å². The molecule has 1 aromatic carbocycles. The van der Waals surface area contributed by atoms with Gasteiger partial charge in [0.05, 0.1) is 17.1 Å². The topological polar surface area (TPSA) is 43.8 Å². The van der Waals surface area contributed by atoms with E-state index in [4.69, 9.17) is 10.7 Å². The number of hydrogen-bond donors (Lipinski definition) is 1. The number of benzene rings is 1. The molecule has 1 aromatic heterocycles. The Morgan fingerprint density at radius 2 is 1.95 bits per heavy atom. The maximum absolute atomic E-state index is 6.36. The van der Waals surface area contributed by atoms with Gasteiger partial charge in [-0.05, 0) is 36.5 Å². The number of imidazole rings is 1. The molecule has 2 N–H and O–H groups in total. The molecule has 2 rings (SSSR count). The Morgan fingerprint density at radius 3 is 2.57 bits per heavy atom. The molecule has 3 nitrogen and oxygen atoms in total. The van der Waals surface area contributed by atoms with Gasteiger partial charge >= 0.3 is 0 Å². The summed E-state index contributed by atoms with van der Waals surface area (Å²) in [7, 11) is 0. The third-order valence-corrected chi connectivity index (χ3v) is 4.14. The number of nitrogens with zero attached hydrogens (tertiary/aromatic N) is 2. The minimum absolute atomic E-state index is 0.0433.